The maximum Gasteiger partial charge on any atom is 0.102 e. The third-order valence-corrected chi connectivity index (χ3v) is 4.57. The van der Waals surface area contributed by atoms with Crippen molar-refractivity contribution in [1.82, 2.24) is 15.1 Å². The second-order valence-corrected chi connectivity index (χ2v) is 6.77. The summed E-state index contributed by atoms with van der Waals surface area (Å²) in [6.45, 7) is 4.38. The zero-order valence-electron chi connectivity index (χ0n) is 15.0. The number of nitrogens with zero attached hydrogens (tertiary/aromatic N) is 2. The number of aryl methyl sites for hydroxylation is 1. The van der Waals surface area contributed by atoms with Crippen molar-refractivity contribution in [2.75, 3.05) is 6.54 Å². The lowest BCUT2D eigenvalue weighted by Crippen LogP contribution is -2.36. The van der Waals surface area contributed by atoms with E-state index in [4.69, 9.17) is 0 Å². The maximum atomic E-state index is 10.7. The second-order valence-electron chi connectivity index (χ2n) is 6.77. The van der Waals surface area contributed by atoms with E-state index in [0.29, 0.717) is 6.54 Å². The minimum Gasteiger partial charge on any atom is -0.384 e. The summed E-state index contributed by atoms with van der Waals surface area (Å²) in [5, 5.41) is 18.3. The predicted octanol–water partition coefficient (Wildman–Crippen LogP) is 3.65. The SMILES string of the molecule is CC(NCC(C)(O)c1cnn(C)c1)c1cccc(-c2ccccc2)c1. The van der Waals surface area contributed by atoms with E-state index in [2.05, 4.69) is 65.9 Å². The van der Waals surface area contributed by atoms with E-state index < -0.39 is 5.60 Å². The van der Waals surface area contributed by atoms with Gasteiger partial charge in [-0.25, -0.2) is 0 Å². The molecule has 3 rings (SSSR count). The molecule has 0 spiro atoms. The van der Waals surface area contributed by atoms with E-state index in [0.717, 1.165) is 5.56 Å². The maximum absolute atomic E-state index is 10.7. The highest BCUT2D eigenvalue weighted by Crippen LogP contribution is 2.24. The number of hydrogen-bond acceptors (Lipinski definition) is 3. The Hall–Kier alpha value is -2.43. The van der Waals surface area contributed by atoms with Crippen molar-refractivity contribution in [3.8, 4) is 11.1 Å². The standard InChI is InChI=1S/C21H25N3O/c1-16(22-15-21(2,25)20-13-23-24(3)14-20)18-10-7-11-19(12-18)17-8-5-4-6-9-17/h4-14,16,22,25H,15H2,1-3H3. The summed E-state index contributed by atoms with van der Waals surface area (Å²) in [7, 11) is 1.85. The molecule has 130 valence electrons. The molecule has 0 aliphatic carbocycles. The van der Waals surface area contributed by atoms with Gasteiger partial charge in [-0.3, -0.25) is 4.68 Å². The van der Waals surface area contributed by atoms with E-state index in [1.165, 1.54) is 16.7 Å². The molecule has 2 atom stereocenters. The van der Waals surface area contributed by atoms with E-state index in [1.54, 1.807) is 10.9 Å². The van der Waals surface area contributed by atoms with E-state index in [1.807, 2.05) is 26.2 Å². The van der Waals surface area contributed by atoms with Crippen LogP contribution in [0, 0.1) is 0 Å². The summed E-state index contributed by atoms with van der Waals surface area (Å²) in [4.78, 5) is 0. The van der Waals surface area contributed by atoms with Gasteiger partial charge in [-0.15, -0.1) is 0 Å². The highest BCUT2D eigenvalue weighted by atomic mass is 16.3. The largest absolute Gasteiger partial charge is 0.384 e. The van der Waals surface area contributed by atoms with Crippen LogP contribution in [0.5, 0.6) is 0 Å². The summed E-state index contributed by atoms with van der Waals surface area (Å²) in [6.07, 6.45) is 3.56. The van der Waals surface area contributed by atoms with Crippen LogP contribution in [0.1, 0.15) is 31.0 Å². The highest BCUT2D eigenvalue weighted by Gasteiger charge is 2.25. The first kappa shape index (κ1) is 17.4. The van der Waals surface area contributed by atoms with Crippen molar-refractivity contribution in [1.29, 1.82) is 0 Å². The summed E-state index contributed by atoms with van der Waals surface area (Å²) >= 11 is 0. The number of nitrogens with one attached hydrogen (secondary N) is 1. The highest BCUT2D eigenvalue weighted by molar-refractivity contribution is 5.64. The Morgan fingerprint density at radius 3 is 2.52 bits per heavy atom. The van der Waals surface area contributed by atoms with Gasteiger partial charge in [0.05, 0.1) is 6.20 Å². The van der Waals surface area contributed by atoms with Crippen LogP contribution in [-0.2, 0) is 12.6 Å². The summed E-state index contributed by atoms with van der Waals surface area (Å²) < 4.78 is 1.70. The average molecular weight is 335 g/mol. The Morgan fingerprint density at radius 2 is 1.84 bits per heavy atom. The van der Waals surface area contributed by atoms with Crippen molar-refractivity contribution < 1.29 is 5.11 Å². The summed E-state index contributed by atoms with van der Waals surface area (Å²) in [5.41, 5.74) is 3.46. The van der Waals surface area contributed by atoms with Gasteiger partial charge in [-0.1, -0.05) is 48.5 Å². The topological polar surface area (TPSA) is 50.1 Å². The molecular weight excluding hydrogens is 310 g/mol. The first-order valence-electron chi connectivity index (χ1n) is 8.56. The van der Waals surface area contributed by atoms with Crippen LogP contribution >= 0.6 is 0 Å². The molecule has 0 radical (unpaired) electrons. The molecular formula is C21H25N3O. The van der Waals surface area contributed by atoms with Crippen LogP contribution in [0.2, 0.25) is 0 Å². The first-order valence-corrected chi connectivity index (χ1v) is 8.56. The fourth-order valence-electron chi connectivity index (χ4n) is 2.89. The second kappa shape index (κ2) is 7.21. The van der Waals surface area contributed by atoms with Crippen LogP contribution in [0.4, 0.5) is 0 Å². The summed E-state index contributed by atoms with van der Waals surface area (Å²) in [6, 6.07) is 19.0. The lowest BCUT2D eigenvalue weighted by molar-refractivity contribution is 0.0543. The fraction of sp³-hybridized carbons (Fsp3) is 0.286. The Bertz CT molecular complexity index is 824. The number of hydrogen-bond donors (Lipinski definition) is 2. The minimum atomic E-state index is -0.959. The lowest BCUT2D eigenvalue weighted by atomic mass is 9.97. The molecule has 3 aromatic rings. The zero-order chi connectivity index (χ0) is 17.9. The van der Waals surface area contributed by atoms with Crippen LogP contribution in [0.25, 0.3) is 11.1 Å². The Morgan fingerprint density at radius 1 is 1.12 bits per heavy atom. The molecule has 0 amide bonds. The van der Waals surface area contributed by atoms with Crippen molar-refractivity contribution in [3.05, 3.63) is 78.1 Å². The van der Waals surface area contributed by atoms with Gasteiger partial charge in [0.2, 0.25) is 0 Å². The molecule has 0 aliphatic rings. The molecule has 1 heterocycles. The van der Waals surface area contributed by atoms with Gasteiger partial charge >= 0.3 is 0 Å². The van der Waals surface area contributed by atoms with Gasteiger partial charge in [-0.2, -0.15) is 5.10 Å². The van der Waals surface area contributed by atoms with Crippen LogP contribution < -0.4 is 5.32 Å². The van der Waals surface area contributed by atoms with Gasteiger partial charge in [-0.05, 0) is 36.6 Å². The van der Waals surface area contributed by atoms with Gasteiger partial charge in [0.25, 0.3) is 0 Å². The smallest absolute Gasteiger partial charge is 0.102 e. The number of aromatic nitrogens is 2. The quantitative estimate of drug-likeness (QED) is 0.723. The average Bonchev–Trinajstić information content (AvgIpc) is 3.08. The molecule has 0 saturated heterocycles. The Labute approximate surface area is 149 Å². The molecule has 0 saturated carbocycles. The Kier molecular flexibility index (Phi) is 5.02. The molecule has 4 heteroatoms. The summed E-state index contributed by atoms with van der Waals surface area (Å²) in [5.74, 6) is 0. The molecule has 2 aromatic carbocycles. The Balaban J connectivity index is 1.70. The van der Waals surface area contributed by atoms with Crippen molar-refractivity contribution >= 4 is 0 Å². The molecule has 0 fully saturated rings. The third-order valence-electron chi connectivity index (χ3n) is 4.57. The van der Waals surface area contributed by atoms with Gasteiger partial charge in [0.15, 0.2) is 0 Å². The number of benzene rings is 2. The van der Waals surface area contributed by atoms with Crippen molar-refractivity contribution in [2.24, 2.45) is 7.05 Å². The number of rotatable bonds is 6. The van der Waals surface area contributed by atoms with Crippen molar-refractivity contribution in [3.63, 3.8) is 0 Å². The minimum absolute atomic E-state index is 0.131. The monoisotopic (exact) mass is 335 g/mol. The molecule has 0 bridgehead atoms. The van der Waals surface area contributed by atoms with Crippen LogP contribution in [-0.4, -0.2) is 21.4 Å². The first-order chi connectivity index (χ1) is 12.0. The van der Waals surface area contributed by atoms with Crippen LogP contribution in [0.3, 0.4) is 0 Å². The molecule has 2 unspecified atom stereocenters. The third kappa shape index (κ3) is 4.16. The number of aliphatic hydroxyl groups is 1. The normalized spacial score (nSPS) is 14.9. The van der Waals surface area contributed by atoms with Gasteiger partial charge < -0.3 is 10.4 Å². The predicted molar refractivity (Wildman–Crippen MR) is 101 cm³/mol. The molecule has 0 aliphatic heterocycles. The lowest BCUT2D eigenvalue weighted by Gasteiger charge is -2.25. The molecule has 1 aromatic heterocycles. The van der Waals surface area contributed by atoms with Crippen molar-refractivity contribution in [2.45, 2.75) is 25.5 Å². The van der Waals surface area contributed by atoms with Gasteiger partial charge in [0, 0.05) is 31.4 Å². The van der Waals surface area contributed by atoms with Crippen LogP contribution in [0.15, 0.2) is 67.0 Å². The fourth-order valence-corrected chi connectivity index (χ4v) is 2.89. The van der Waals surface area contributed by atoms with E-state index in [-0.39, 0.29) is 6.04 Å². The van der Waals surface area contributed by atoms with E-state index >= 15 is 0 Å². The molecule has 2 N–H and O–H groups in total. The molecule has 25 heavy (non-hydrogen) atoms. The molecule has 4 nitrogen and oxygen atoms in total. The van der Waals surface area contributed by atoms with Gasteiger partial charge in [0.1, 0.15) is 5.60 Å². The zero-order valence-corrected chi connectivity index (χ0v) is 15.0. The van der Waals surface area contributed by atoms with E-state index in [9.17, 15) is 5.11 Å².